The average molecular weight is 320 g/mol. The summed E-state index contributed by atoms with van der Waals surface area (Å²) in [5.74, 6) is -2.94. The number of carbonyl (C=O) groups excluding carboxylic acids is 1. The summed E-state index contributed by atoms with van der Waals surface area (Å²) >= 11 is 0. The Labute approximate surface area is 131 Å². The number of hydrogen-bond donors (Lipinski definition) is 3. The Hall–Kier alpha value is -2.41. The van der Waals surface area contributed by atoms with Crippen molar-refractivity contribution in [3.05, 3.63) is 57.3 Å². The lowest BCUT2D eigenvalue weighted by molar-refractivity contribution is -0.156. The van der Waals surface area contributed by atoms with Gasteiger partial charge < -0.3 is 14.9 Å². The minimum atomic E-state index is -1.44. The van der Waals surface area contributed by atoms with Crippen LogP contribution in [0.25, 0.3) is 0 Å². The minimum absolute atomic E-state index is 0.0899. The first kappa shape index (κ1) is 15.5. The number of aromatic nitrogens is 2. The summed E-state index contributed by atoms with van der Waals surface area (Å²) in [6, 6.07) is 5.67. The number of aliphatic hydroxyl groups is 1. The summed E-state index contributed by atoms with van der Waals surface area (Å²) in [7, 11) is 1.22. The van der Waals surface area contributed by atoms with Gasteiger partial charge in [0.1, 0.15) is 5.82 Å². The quantitative estimate of drug-likeness (QED) is 0.721. The van der Waals surface area contributed by atoms with E-state index in [9.17, 15) is 19.1 Å². The van der Waals surface area contributed by atoms with Crippen LogP contribution in [0.2, 0.25) is 0 Å². The van der Waals surface area contributed by atoms with Gasteiger partial charge >= 0.3 is 5.97 Å². The normalized spacial score (nSPS) is 26.6. The molecular formula is C16H17FN2O4. The van der Waals surface area contributed by atoms with E-state index in [1.807, 2.05) is 0 Å². The zero-order valence-electron chi connectivity index (χ0n) is 12.7. The molecule has 1 aliphatic carbocycles. The predicted molar refractivity (Wildman–Crippen MR) is 79.5 cm³/mol. The summed E-state index contributed by atoms with van der Waals surface area (Å²) in [6.45, 7) is 1.51. The molecule has 0 radical (unpaired) electrons. The van der Waals surface area contributed by atoms with Crippen molar-refractivity contribution in [1.82, 2.24) is 10.2 Å². The van der Waals surface area contributed by atoms with Gasteiger partial charge in [-0.1, -0.05) is 12.1 Å². The lowest BCUT2D eigenvalue weighted by Crippen LogP contribution is -2.49. The van der Waals surface area contributed by atoms with E-state index in [4.69, 9.17) is 4.74 Å². The first-order valence-corrected chi connectivity index (χ1v) is 7.20. The zero-order valence-corrected chi connectivity index (χ0v) is 12.7. The van der Waals surface area contributed by atoms with Gasteiger partial charge in [0, 0.05) is 23.6 Å². The summed E-state index contributed by atoms with van der Waals surface area (Å²) in [5.41, 5.74) is -0.556. The van der Waals surface area contributed by atoms with Crippen LogP contribution in [0, 0.1) is 11.7 Å². The highest BCUT2D eigenvalue weighted by Crippen LogP contribution is 2.44. The molecule has 3 atom stereocenters. The van der Waals surface area contributed by atoms with E-state index < -0.39 is 34.8 Å². The highest BCUT2D eigenvalue weighted by atomic mass is 19.1. The maximum Gasteiger partial charge on any atom is 0.312 e. The number of nitrogens with one attached hydrogen (secondary N) is 2. The van der Waals surface area contributed by atoms with Crippen molar-refractivity contribution >= 4 is 5.97 Å². The molecule has 1 aromatic heterocycles. The molecular weight excluding hydrogens is 303 g/mol. The largest absolute Gasteiger partial charge is 0.469 e. The second kappa shape index (κ2) is 5.34. The highest BCUT2D eigenvalue weighted by molar-refractivity contribution is 5.77. The van der Waals surface area contributed by atoms with Crippen LogP contribution in [0.5, 0.6) is 0 Å². The highest BCUT2D eigenvalue weighted by Gasteiger charge is 2.51. The maximum absolute atomic E-state index is 13.7. The smallest absolute Gasteiger partial charge is 0.312 e. The first-order chi connectivity index (χ1) is 10.8. The third-order valence-corrected chi connectivity index (χ3v) is 4.41. The summed E-state index contributed by atoms with van der Waals surface area (Å²) in [6.07, 6.45) is 0.0899. The number of ether oxygens (including phenoxy) is 1. The average Bonchev–Trinajstić information content (AvgIpc) is 2.84. The van der Waals surface area contributed by atoms with E-state index >= 15 is 0 Å². The van der Waals surface area contributed by atoms with Crippen molar-refractivity contribution in [2.75, 3.05) is 7.11 Å². The van der Waals surface area contributed by atoms with E-state index in [2.05, 4.69) is 10.2 Å². The fourth-order valence-corrected chi connectivity index (χ4v) is 3.44. The molecule has 23 heavy (non-hydrogen) atoms. The second-order valence-electron chi connectivity index (χ2n) is 6.04. The topological polar surface area (TPSA) is 95.2 Å². The van der Waals surface area contributed by atoms with Crippen molar-refractivity contribution in [3.8, 4) is 0 Å². The molecule has 1 aliphatic rings. The van der Waals surface area contributed by atoms with Crippen molar-refractivity contribution in [1.29, 1.82) is 0 Å². The molecule has 3 N–H and O–H groups in total. The van der Waals surface area contributed by atoms with Crippen molar-refractivity contribution in [2.24, 2.45) is 5.92 Å². The van der Waals surface area contributed by atoms with Gasteiger partial charge in [0.2, 0.25) is 0 Å². The SMILES string of the molecule is COC(=O)[C@H]1[C@H](c2cccc(F)c2)c2c([nH][nH]c2=O)C[C@]1(C)O. The Kier molecular flexibility index (Phi) is 3.60. The Balaban J connectivity index is 2.26. The van der Waals surface area contributed by atoms with Crippen LogP contribution in [0.15, 0.2) is 29.1 Å². The summed E-state index contributed by atoms with van der Waals surface area (Å²) in [4.78, 5) is 24.5. The van der Waals surface area contributed by atoms with Crippen LogP contribution >= 0.6 is 0 Å². The molecule has 3 rings (SSSR count). The molecule has 1 aromatic carbocycles. The van der Waals surface area contributed by atoms with E-state index in [1.165, 1.54) is 32.2 Å². The van der Waals surface area contributed by atoms with Crippen LogP contribution in [-0.2, 0) is 16.0 Å². The van der Waals surface area contributed by atoms with Crippen LogP contribution < -0.4 is 5.56 Å². The second-order valence-corrected chi connectivity index (χ2v) is 6.04. The monoisotopic (exact) mass is 320 g/mol. The summed E-state index contributed by atoms with van der Waals surface area (Å²) < 4.78 is 18.5. The number of halogens is 1. The lowest BCUT2D eigenvalue weighted by Gasteiger charge is -2.40. The van der Waals surface area contributed by atoms with Gasteiger partial charge in [0.05, 0.1) is 18.6 Å². The zero-order chi connectivity index (χ0) is 16.8. The van der Waals surface area contributed by atoms with Gasteiger partial charge in [0.25, 0.3) is 5.56 Å². The van der Waals surface area contributed by atoms with Crippen molar-refractivity contribution in [3.63, 3.8) is 0 Å². The molecule has 0 spiro atoms. The Bertz CT molecular complexity index is 808. The molecule has 0 fully saturated rings. The Morgan fingerprint density at radius 1 is 1.43 bits per heavy atom. The number of methoxy groups -OCH3 is 1. The number of fused-ring (bicyclic) bond motifs is 1. The van der Waals surface area contributed by atoms with Crippen LogP contribution in [0.4, 0.5) is 4.39 Å². The Morgan fingerprint density at radius 3 is 2.83 bits per heavy atom. The minimum Gasteiger partial charge on any atom is -0.469 e. The number of esters is 1. The van der Waals surface area contributed by atoms with Crippen LogP contribution in [0.1, 0.15) is 29.7 Å². The Morgan fingerprint density at radius 2 is 2.17 bits per heavy atom. The number of hydrogen-bond acceptors (Lipinski definition) is 4. The van der Waals surface area contributed by atoms with Crippen LogP contribution in [0.3, 0.4) is 0 Å². The van der Waals surface area contributed by atoms with E-state index in [0.29, 0.717) is 16.8 Å². The molecule has 7 heteroatoms. The molecule has 1 heterocycles. The molecule has 0 saturated heterocycles. The molecule has 0 bridgehead atoms. The third kappa shape index (κ3) is 2.46. The van der Waals surface area contributed by atoms with Gasteiger partial charge in [-0.2, -0.15) is 0 Å². The lowest BCUT2D eigenvalue weighted by atomic mass is 9.66. The van der Waals surface area contributed by atoms with Crippen molar-refractivity contribution in [2.45, 2.75) is 24.9 Å². The van der Waals surface area contributed by atoms with Gasteiger partial charge in [-0.3, -0.25) is 14.7 Å². The van der Waals surface area contributed by atoms with Gasteiger partial charge in [-0.05, 0) is 24.6 Å². The van der Waals surface area contributed by atoms with Gasteiger partial charge in [-0.25, -0.2) is 4.39 Å². The number of H-pyrrole nitrogens is 2. The summed E-state index contributed by atoms with van der Waals surface area (Å²) in [5, 5.41) is 16.0. The molecule has 0 unspecified atom stereocenters. The molecule has 0 saturated carbocycles. The third-order valence-electron chi connectivity index (χ3n) is 4.41. The molecule has 2 aromatic rings. The standard InChI is InChI=1S/C16H17FN2O4/c1-16(22)7-10-12(14(20)19-18-10)11(13(16)15(21)23-2)8-4-3-5-9(17)6-8/h3-6,11,13,22H,7H2,1-2H3,(H2,18,19,20)/t11-,13-,16+/m1/s1. The number of aromatic amines is 2. The van der Waals surface area contributed by atoms with Crippen molar-refractivity contribution < 1.29 is 19.0 Å². The van der Waals surface area contributed by atoms with E-state index in [-0.39, 0.29) is 6.42 Å². The van der Waals surface area contributed by atoms with Gasteiger partial charge in [0.15, 0.2) is 0 Å². The molecule has 122 valence electrons. The number of carbonyl (C=O) groups is 1. The van der Waals surface area contributed by atoms with Gasteiger partial charge in [-0.15, -0.1) is 0 Å². The maximum atomic E-state index is 13.7. The number of rotatable bonds is 2. The van der Waals surface area contributed by atoms with Crippen LogP contribution in [-0.4, -0.2) is 34.0 Å². The van der Waals surface area contributed by atoms with E-state index in [1.54, 1.807) is 6.07 Å². The molecule has 0 aliphatic heterocycles. The fourth-order valence-electron chi connectivity index (χ4n) is 3.44. The first-order valence-electron chi connectivity index (χ1n) is 7.20. The molecule has 6 nitrogen and oxygen atoms in total. The molecule has 0 amide bonds. The fraction of sp³-hybridized carbons (Fsp3) is 0.375. The van der Waals surface area contributed by atoms with E-state index in [0.717, 1.165) is 0 Å². The number of benzene rings is 1. The predicted octanol–water partition coefficient (Wildman–Crippen LogP) is 1.07.